The average Bonchev–Trinajstić information content (AvgIpc) is 3.12. The number of rotatable bonds is 4. The smallest absolute Gasteiger partial charge is 0.311 e. The number of carbonyl (C=O) groups excluding carboxylic acids is 2. The summed E-state index contributed by atoms with van der Waals surface area (Å²) < 4.78 is 24.0. The number of carbonyl (C=O) groups is 2. The van der Waals surface area contributed by atoms with Crippen molar-refractivity contribution in [2.75, 3.05) is 27.3 Å². The molecule has 1 fully saturated rings. The van der Waals surface area contributed by atoms with E-state index in [0.717, 1.165) is 5.56 Å². The Hall–Kier alpha value is -2.89. The number of benzene rings is 2. The second-order valence-electron chi connectivity index (χ2n) is 6.20. The first-order valence-electron chi connectivity index (χ1n) is 8.30. The topological polar surface area (TPSA) is 55.8 Å². The van der Waals surface area contributed by atoms with E-state index in [1.165, 1.54) is 30.2 Å². The molecule has 2 aromatic carbocycles. The van der Waals surface area contributed by atoms with Crippen LogP contribution in [0.5, 0.6) is 5.75 Å². The van der Waals surface area contributed by atoms with Gasteiger partial charge < -0.3 is 14.4 Å². The van der Waals surface area contributed by atoms with Crippen LogP contribution in [0.4, 0.5) is 4.39 Å². The third kappa shape index (κ3) is 3.40. The molecular formula is C20H20FNO4. The van der Waals surface area contributed by atoms with Crippen molar-refractivity contribution in [2.24, 2.45) is 5.92 Å². The van der Waals surface area contributed by atoms with E-state index < -0.39 is 17.6 Å². The monoisotopic (exact) mass is 357 g/mol. The SMILES string of the molecule is COC(=O)[C@@H]1CN(C(=O)c2ccccc2F)C[C@H]1c1ccc(OC)cc1. The fourth-order valence-corrected chi connectivity index (χ4v) is 3.35. The van der Waals surface area contributed by atoms with Crippen LogP contribution in [-0.4, -0.2) is 44.1 Å². The van der Waals surface area contributed by atoms with E-state index in [1.807, 2.05) is 24.3 Å². The minimum absolute atomic E-state index is 0.00602. The molecule has 5 nitrogen and oxygen atoms in total. The zero-order chi connectivity index (χ0) is 18.7. The molecule has 1 aliphatic rings. The average molecular weight is 357 g/mol. The van der Waals surface area contributed by atoms with Gasteiger partial charge in [0.25, 0.3) is 5.91 Å². The van der Waals surface area contributed by atoms with Gasteiger partial charge in [-0.1, -0.05) is 24.3 Å². The van der Waals surface area contributed by atoms with Gasteiger partial charge in [-0.05, 0) is 29.8 Å². The number of hydrogen-bond acceptors (Lipinski definition) is 4. The van der Waals surface area contributed by atoms with Gasteiger partial charge >= 0.3 is 5.97 Å². The van der Waals surface area contributed by atoms with Crippen LogP contribution in [0.15, 0.2) is 48.5 Å². The standard InChI is InChI=1S/C20H20FNO4/c1-25-14-9-7-13(8-10-14)16-11-22(12-17(16)20(24)26-2)19(23)15-5-3-4-6-18(15)21/h3-10,16-17H,11-12H2,1-2H3/t16-,17+/m0/s1. The molecule has 1 saturated heterocycles. The van der Waals surface area contributed by atoms with E-state index >= 15 is 0 Å². The van der Waals surface area contributed by atoms with Crippen LogP contribution >= 0.6 is 0 Å². The lowest BCUT2D eigenvalue weighted by atomic mass is 9.89. The Morgan fingerprint density at radius 2 is 1.73 bits per heavy atom. The Labute approximate surface area is 151 Å². The van der Waals surface area contributed by atoms with E-state index in [-0.39, 0.29) is 24.0 Å². The molecule has 0 spiro atoms. The Bertz CT molecular complexity index is 806. The quantitative estimate of drug-likeness (QED) is 0.790. The molecule has 0 aliphatic carbocycles. The van der Waals surface area contributed by atoms with Crippen molar-refractivity contribution in [1.82, 2.24) is 4.90 Å². The van der Waals surface area contributed by atoms with Crippen molar-refractivity contribution >= 4 is 11.9 Å². The van der Waals surface area contributed by atoms with Crippen molar-refractivity contribution in [3.8, 4) is 5.75 Å². The summed E-state index contributed by atoms with van der Waals surface area (Å²) in [6.45, 7) is 0.510. The lowest BCUT2D eigenvalue weighted by molar-refractivity contribution is -0.145. The molecule has 26 heavy (non-hydrogen) atoms. The minimum Gasteiger partial charge on any atom is -0.497 e. The van der Waals surface area contributed by atoms with Crippen LogP contribution in [-0.2, 0) is 9.53 Å². The summed E-state index contributed by atoms with van der Waals surface area (Å²) in [5.74, 6) is -1.38. The van der Waals surface area contributed by atoms with Gasteiger partial charge in [0.15, 0.2) is 0 Å². The summed E-state index contributed by atoms with van der Waals surface area (Å²) in [6, 6.07) is 13.2. The molecule has 136 valence electrons. The molecule has 3 rings (SSSR count). The lowest BCUT2D eigenvalue weighted by Gasteiger charge is -2.17. The largest absolute Gasteiger partial charge is 0.497 e. The highest BCUT2D eigenvalue weighted by Gasteiger charge is 2.41. The van der Waals surface area contributed by atoms with Crippen molar-refractivity contribution in [1.29, 1.82) is 0 Å². The van der Waals surface area contributed by atoms with Gasteiger partial charge in [0.1, 0.15) is 11.6 Å². The summed E-state index contributed by atoms with van der Waals surface area (Å²) in [6.07, 6.45) is 0. The summed E-state index contributed by atoms with van der Waals surface area (Å²) in [5, 5.41) is 0. The van der Waals surface area contributed by atoms with Crippen LogP contribution < -0.4 is 4.74 Å². The first-order valence-corrected chi connectivity index (χ1v) is 8.30. The molecule has 0 unspecified atom stereocenters. The normalized spacial score (nSPS) is 19.3. The minimum atomic E-state index is -0.569. The van der Waals surface area contributed by atoms with Gasteiger partial charge in [-0.25, -0.2) is 4.39 Å². The van der Waals surface area contributed by atoms with Crippen LogP contribution in [0.25, 0.3) is 0 Å². The zero-order valence-corrected chi connectivity index (χ0v) is 14.6. The fraction of sp³-hybridized carbons (Fsp3) is 0.300. The van der Waals surface area contributed by atoms with Crippen molar-refractivity contribution in [2.45, 2.75) is 5.92 Å². The third-order valence-corrected chi connectivity index (χ3v) is 4.76. The van der Waals surface area contributed by atoms with Crippen LogP contribution in [0.1, 0.15) is 21.8 Å². The van der Waals surface area contributed by atoms with E-state index in [0.29, 0.717) is 12.3 Å². The summed E-state index contributed by atoms with van der Waals surface area (Å²) in [5.41, 5.74) is 0.913. The fourth-order valence-electron chi connectivity index (χ4n) is 3.35. The summed E-state index contributed by atoms with van der Waals surface area (Å²) in [7, 11) is 2.91. The second kappa shape index (κ2) is 7.56. The molecule has 0 radical (unpaired) electrons. The number of halogens is 1. The third-order valence-electron chi connectivity index (χ3n) is 4.76. The molecule has 1 heterocycles. The molecule has 2 atom stereocenters. The van der Waals surface area contributed by atoms with Gasteiger partial charge in [0.2, 0.25) is 0 Å². The van der Waals surface area contributed by atoms with Crippen molar-refractivity contribution in [3.05, 3.63) is 65.5 Å². The van der Waals surface area contributed by atoms with Gasteiger partial charge in [0, 0.05) is 19.0 Å². The molecule has 0 bridgehead atoms. The van der Waals surface area contributed by atoms with E-state index in [2.05, 4.69) is 0 Å². The number of nitrogens with zero attached hydrogens (tertiary/aromatic N) is 1. The Morgan fingerprint density at radius 1 is 1.04 bits per heavy atom. The maximum atomic E-state index is 14.0. The summed E-state index contributed by atoms with van der Waals surface area (Å²) in [4.78, 5) is 26.5. The highest BCUT2D eigenvalue weighted by Crippen LogP contribution is 2.35. The number of esters is 1. The zero-order valence-electron chi connectivity index (χ0n) is 14.6. The van der Waals surface area contributed by atoms with Crippen LogP contribution in [0, 0.1) is 11.7 Å². The molecule has 2 aromatic rings. The van der Waals surface area contributed by atoms with Gasteiger partial charge in [-0.15, -0.1) is 0 Å². The van der Waals surface area contributed by atoms with E-state index in [9.17, 15) is 14.0 Å². The summed E-state index contributed by atoms with van der Waals surface area (Å²) >= 11 is 0. The van der Waals surface area contributed by atoms with E-state index in [4.69, 9.17) is 9.47 Å². The van der Waals surface area contributed by atoms with Crippen LogP contribution in [0.3, 0.4) is 0 Å². The van der Waals surface area contributed by atoms with Gasteiger partial charge in [-0.3, -0.25) is 9.59 Å². The van der Waals surface area contributed by atoms with Gasteiger partial charge in [0.05, 0.1) is 25.7 Å². The Morgan fingerprint density at radius 3 is 2.35 bits per heavy atom. The van der Waals surface area contributed by atoms with Gasteiger partial charge in [-0.2, -0.15) is 0 Å². The van der Waals surface area contributed by atoms with Crippen molar-refractivity contribution < 1.29 is 23.5 Å². The molecule has 0 aromatic heterocycles. The number of likely N-dealkylation sites (tertiary alicyclic amines) is 1. The predicted octanol–water partition coefficient (Wildman–Crippen LogP) is 2.86. The molecule has 0 N–H and O–H groups in total. The first-order chi connectivity index (χ1) is 12.5. The number of amides is 1. The number of methoxy groups -OCH3 is 2. The Kier molecular flexibility index (Phi) is 5.21. The highest BCUT2D eigenvalue weighted by atomic mass is 19.1. The second-order valence-corrected chi connectivity index (χ2v) is 6.20. The van der Waals surface area contributed by atoms with Crippen LogP contribution in [0.2, 0.25) is 0 Å². The highest BCUT2D eigenvalue weighted by molar-refractivity contribution is 5.95. The van der Waals surface area contributed by atoms with E-state index in [1.54, 1.807) is 13.2 Å². The maximum absolute atomic E-state index is 14.0. The van der Waals surface area contributed by atoms with Crippen molar-refractivity contribution in [3.63, 3.8) is 0 Å². The molecular weight excluding hydrogens is 337 g/mol. The number of hydrogen-bond donors (Lipinski definition) is 0. The number of ether oxygens (including phenoxy) is 2. The molecule has 1 aliphatic heterocycles. The maximum Gasteiger partial charge on any atom is 0.311 e. The molecule has 1 amide bonds. The first kappa shape index (κ1) is 17.9. The predicted molar refractivity (Wildman–Crippen MR) is 93.5 cm³/mol. The molecule has 0 saturated carbocycles. The lowest BCUT2D eigenvalue weighted by Crippen LogP contribution is -2.30. The Balaban J connectivity index is 1.88. The molecule has 6 heteroatoms.